The number of rotatable bonds is 5. The van der Waals surface area contributed by atoms with Crippen molar-refractivity contribution in [3.05, 3.63) is 70.5 Å². The van der Waals surface area contributed by atoms with Gasteiger partial charge in [-0.2, -0.15) is 0 Å². The summed E-state index contributed by atoms with van der Waals surface area (Å²) < 4.78 is 2.17. The number of anilines is 1. The van der Waals surface area contributed by atoms with E-state index in [-0.39, 0.29) is 5.91 Å². The Kier molecular flexibility index (Phi) is 6.21. The van der Waals surface area contributed by atoms with E-state index < -0.39 is 5.25 Å². The van der Waals surface area contributed by atoms with Crippen LogP contribution in [0.5, 0.6) is 0 Å². The van der Waals surface area contributed by atoms with Crippen LogP contribution in [0.15, 0.2) is 53.7 Å². The fourth-order valence-corrected chi connectivity index (χ4v) is 4.69. The minimum atomic E-state index is -0.437. The predicted molar refractivity (Wildman–Crippen MR) is 117 cm³/mol. The van der Waals surface area contributed by atoms with Crippen LogP contribution in [-0.4, -0.2) is 20.7 Å². The Balaban J connectivity index is 1.61. The summed E-state index contributed by atoms with van der Waals surface area (Å²) in [6.45, 7) is 2.84. The molecule has 1 amide bonds. The number of nitrogens with one attached hydrogen (secondary N) is 1. The first-order valence-electron chi connectivity index (χ1n) is 9.82. The van der Waals surface area contributed by atoms with Gasteiger partial charge in [0, 0.05) is 23.7 Å². The molecule has 2 heterocycles. The van der Waals surface area contributed by atoms with Crippen LogP contribution in [0, 0.1) is 6.92 Å². The van der Waals surface area contributed by atoms with Crippen LogP contribution in [0.1, 0.15) is 41.5 Å². The minimum absolute atomic E-state index is 0.105. The summed E-state index contributed by atoms with van der Waals surface area (Å²) in [6.07, 6.45) is 4.39. The monoisotopic (exact) mass is 426 g/mol. The van der Waals surface area contributed by atoms with Gasteiger partial charge >= 0.3 is 0 Å². The Morgan fingerprint density at radius 1 is 1.14 bits per heavy atom. The van der Waals surface area contributed by atoms with Crippen LogP contribution in [0.25, 0.3) is 0 Å². The molecule has 1 N–H and O–H groups in total. The lowest BCUT2D eigenvalue weighted by Crippen LogP contribution is -2.19. The summed E-state index contributed by atoms with van der Waals surface area (Å²) >= 11 is 7.68. The number of carbonyl (C=O) groups is 1. The van der Waals surface area contributed by atoms with E-state index in [2.05, 4.69) is 20.1 Å². The molecule has 0 spiro atoms. The van der Waals surface area contributed by atoms with E-state index in [1.807, 2.05) is 49.4 Å². The van der Waals surface area contributed by atoms with Crippen molar-refractivity contribution in [1.82, 2.24) is 14.8 Å². The van der Waals surface area contributed by atoms with E-state index >= 15 is 0 Å². The molecule has 1 aliphatic heterocycles. The van der Waals surface area contributed by atoms with E-state index in [1.54, 1.807) is 6.07 Å². The SMILES string of the molecule is Cc1ccc(NC(=O)[C@H](Sc2nnc3n2CCCCC3)c2ccccc2)cc1Cl. The second kappa shape index (κ2) is 9.01. The topological polar surface area (TPSA) is 59.8 Å². The van der Waals surface area contributed by atoms with Crippen molar-refractivity contribution in [2.24, 2.45) is 0 Å². The quantitative estimate of drug-likeness (QED) is 0.552. The van der Waals surface area contributed by atoms with Crippen molar-refractivity contribution in [3.8, 4) is 0 Å². The van der Waals surface area contributed by atoms with Gasteiger partial charge in [-0.15, -0.1) is 10.2 Å². The van der Waals surface area contributed by atoms with Gasteiger partial charge < -0.3 is 9.88 Å². The molecule has 0 saturated heterocycles. The molecule has 0 radical (unpaired) electrons. The van der Waals surface area contributed by atoms with Gasteiger partial charge in [0.1, 0.15) is 11.1 Å². The highest BCUT2D eigenvalue weighted by molar-refractivity contribution is 8.00. The molecule has 150 valence electrons. The molecule has 1 aliphatic rings. The first kappa shape index (κ1) is 20.0. The van der Waals surface area contributed by atoms with Gasteiger partial charge in [0.15, 0.2) is 5.16 Å². The van der Waals surface area contributed by atoms with Crippen molar-refractivity contribution in [2.45, 2.75) is 49.6 Å². The highest BCUT2D eigenvalue weighted by atomic mass is 35.5. The van der Waals surface area contributed by atoms with Crippen LogP contribution in [0.4, 0.5) is 5.69 Å². The number of thioether (sulfide) groups is 1. The lowest BCUT2D eigenvalue weighted by molar-refractivity contribution is -0.115. The second-order valence-electron chi connectivity index (χ2n) is 7.22. The van der Waals surface area contributed by atoms with Gasteiger partial charge in [-0.25, -0.2) is 0 Å². The first-order valence-corrected chi connectivity index (χ1v) is 11.1. The first-order chi connectivity index (χ1) is 14.1. The van der Waals surface area contributed by atoms with Gasteiger partial charge in [-0.3, -0.25) is 4.79 Å². The molecule has 29 heavy (non-hydrogen) atoms. The average molecular weight is 427 g/mol. The zero-order valence-corrected chi connectivity index (χ0v) is 17.8. The predicted octanol–water partition coefficient (Wildman–Crippen LogP) is 5.44. The molecule has 0 fully saturated rings. The number of amides is 1. The fourth-order valence-electron chi connectivity index (χ4n) is 3.43. The highest BCUT2D eigenvalue weighted by Gasteiger charge is 2.26. The van der Waals surface area contributed by atoms with E-state index in [4.69, 9.17) is 11.6 Å². The van der Waals surface area contributed by atoms with Crippen molar-refractivity contribution in [3.63, 3.8) is 0 Å². The van der Waals surface area contributed by atoms with E-state index in [1.165, 1.54) is 18.2 Å². The highest BCUT2D eigenvalue weighted by Crippen LogP contribution is 2.36. The smallest absolute Gasteiger partial charge is 0.242 e. The van der Waals surface area contributed by atoms with Crippen molar-refractivity contribution < 1.29 is 4.79 Å². The molecule has 0 saturated carbocycles. The number of fused-ring (bicyclic) bond motifs is 1. The Morgan fingerprint density at radius 3 is 2.76 bits per heavy atom. The van der Waals surface area contributed by atoms with Gasteiger partial charge in [0.2, 0.25) is 5.91 Å². The summed E-state index contributed by atoms with van der Waals surface area (Å²) in [5.74, 6) is 0.912. The van der Waals surface area contributed by atoms with Gasteiger partial charge in [-0.1, -0.05) is 66.2 Å². The number of aromatic nitrogens is 3. The number of aryl methyl sites for hydroxylation is 2. The number of carbonyl (C=O) groups excluding carboxylic acids is 1. The Hall–Kier alpha value is -2.31. The summed E-state index contributed by atoms with van der Waals surface area (Å²) in [4.78, 5) is 13.2. The molecule has 1 atom stereocenters. The molecule has 2 aromatic carbocycles. The van der Waals surface area contributed by atoms with Crippen LogP contribution in [0.3, 0.4) is 0 Å². The van der Waals surface area contributed by atoms with Gasteiger partial charge in [0.05, 0.1) is 0 Å². The number of hydrogen-bond acceptors (Lipinski definition) is 4. The summed E-state index contributed by atoms with van der Waals surface area (Å²) in [5.41, 5.74) is 2.59. The maximum atomic E-state index is 13.2. The normalized spacial score (nSPS) is 14.7. The molecule has 1 aromatic heterocycles. The Morgan fingerprint density at radius 2 is 1.97 bits per heavy atom. The van der Waals surface area contributed by atoms with Crippen molar-refractivity contribution in [1.29, 1.82) is 0 Å². The third-order valence-corrected chi connectivity index (χ3v) is 6.72. The lowest BCUT2D eigenvalue weighted by atomic mass is 10.1. The maximum Gasteiger partial charge on any atom is 0.242 e. The molecule has 4 rings (SSSR count). The van der Waals surface area contributed by atoms with Crippen LogP contribution in [-0.2, 0) is 17.8 Å². The standard InChI is InChI=1S/C22H23ClN4OS/c1-15-11-12-17(14-18(15)23)24-21(28)20(16-8-4-2-5-9-16)29-22-26-25-19-10-6-3-7-13-27(19)22/h2,4-5,8-9,11-12,14,20H,3,6-7,10,13H2,1H3,(H,24,28)/t20-/m1/s1. The summed E-state index contributed by atoms with van der Waals surface area (Å²) in [7, 11) is 0. The van der Waals surface area contributed by atoms with E-state index in [0.717, 1.165) is 47.9 Å². The lowest BCUT2D eigenvalue weighted by Gasteiger charge is -2.17. The summed E-state index contributed by atoms with van der Waals surface area (Å²) in [5, 5.41) is 12.8. The molecule has 5 nitrogen and oxygen atoms in total. The number of benzene rings is 2. The Bertz CT molecular complexity index is 1010. The second-order valence-corrected chi connectivity index (χ2v) is 8.70. The van der Waals surface area contributed by atoms with E-state index in [0.29, 0.717) is 10.7 Å². The molecule has 3 aromatic rings. The molecular weight excluding hydrogens is 404 g/mol. The average Bonchev–Trinajstić information content (AvgIpc) is 2.95. The molecule has 7 heteroatoms. The number of halogens is 1. The van der Waals surface area contributed by atoms with Gasteiger partial charge in [-0.05, 0) is 43.0 Å². The van der Waals surface area contributed by atoms with Crippen LogP contribution in [0.2, 0.25) is 5.02 Å². The largest absolute Gasteiger partial charge is 0.325 e. The van der Waals surface area contributed by atoms with E-state index in [9.17, 15) is 4.79 Å². The zero-order valence-electron chi connectivity index (χ0n) is 16.3. The zero-order chi connectivity index (χ0) is 20.2. The van der Waals surface area contributed by atoms with Crippen LogP contribution < -0.4 is 5.32 Å². The maximum absolute atomic E-state index is 13.2. The van der Waals surface area contributed by atoms with Gasteiger partial charge in [0.25, 0.3) is 0 Å². The molecule has 0 bridgehead atoms. The fraction of sp³-hybridized carbons (Fsp3) is 0.318. The van der Waals surface area contributed by atoms with Crippen molar-refractivity contribution >= 4 is 35.0 Å². The van der Waals surface area contributed by atoms with Crippen LogP contribution >= 0.6 is 23.4 Å². The third-order valence-electron chi connectivity index (χ3n) is 5.08. The molecular formula is C22H23ClN4OS. The van der Waals surface area contributed by atoms with Crippen molar-refractivity contribution in [2.75, 3.05) is 5.32 Å². The molecule has 0 aliphatic carbocycles. The molecule has 0 unspecified atom stereocenters. The number of hydrogen-bond donors (Lipinski definition) is 1. The number of nitrogens with zero attached hydrogens (tertiary/aromatic N) is 3. The Labute approximate surface area is 179 Å². The summed E-state index contributed by atoms with van der Waals surface area (Å²) in [6, 6.07) is 15.3. The third kappa shape index (κ3) is 4.65. The minimum Gasteiger partial charge on any atom is -0.325 e.